The number of carboxylic acids is 1. The first-order valence-corrected chi connectivity index (χ1v) is 5.03. The largest absolute Gasteiger partial charge is 0.480 e. The van der Waals surface area contributed by atoms with Gasteiger partial charge in [0.15, 0.2) is 0 Å². The van der Waals surface area contributed by atoms with Crippen LogP contribution in [-0.4, -0.2) is 17.1 Å². The van der Waals surface area contributed by atoms with E-state index in [1.54, 1.807) is 6.92 Å². The molecule has 0 bridgehead atoms. The predicted molar refractivity (Wildman–Crippen MR) is 59.9 cm³/mol. The highest BCUT2D eigenvalue weighted by Crippen LogP contribution is 2.10. The highest BCUT2D eigenvalue weighted by Gasteiger charge is 2.09. The summed E-state index contributed by atoms with van der Waals surface area (Å²) in [4.78, 5) is 10.6. The highest BCUT2D eigenvalue weighted by molar-refractivity contribution is 5.72. The number of aryl methyl sites for hydroxylation is 2. The molecule has 0 unspecified atom stereocenters. The molecule has 1 rings (SSSR count). The van der Waals surface area contributed by atoms with E-state index in [4.69, 9.17) is 5.11 Å². The van der Waals surface area contributed by atoms with Gasteiger partial charge in [0.25, 0.3) is 0 Å². The Balaban J connectivity index is 2.65. The third-order valence-corrected chi connectivity index (χ3v) is 2.47. The molecule has 0 fully saturated rings. The molecule has 0 spiro atoms. The predicted octanol–water partition coefficient (Wildman–Crippen LogP) is 1.87. The van der Waals surface area contributed by atoms with Gasteiger partial charge in [-0.3, -0.25) is 4.79 Å². The van der Waals surface area contributed by atoms with Crippen LogP contribution in [0.15, 0.2) is 18.2 Å². The molecule has 3 nitrogen and oxygen atoms in total. The third-order valence-electron chi connectivity index (χ3n) is 2.47. The maximum atomic E-state index is 10.6. The van der Waals surface area contributed by atoms with E-state index >= 15 is 0 Å². The molecule has 0 aliphatic rings. The molecular weight excluding hydrogens is 190 g/mol. The lowest BCUT2D eigenvalue weighted by atomic mass is 10.1. The topological polar surface area (TPSA) is 49.3 Å². The van der Waals surface area contributed by atoms with E-state index in [9.17, 15) is 4.79 Å². The summed E-state index contributed by atoms with van der Waals surface area (Å²) in [7, 11) is 0. The summed E-state index contributed by atoms with van der Waals surface area (Å²) in [6.45, 7) is 6.31. The van der Waals surface area contributed by atoms with Crippen LogP contribution in [0.25, 0.3) is 0 Å². The third kappa shape index (κ3) is 3.36. The van der Waals surface area contributed by atoms with Crippen LogP contribution in [0.5, 0.6) is 0 Å². The van der Waals surface area contributed by atoms with Crippen molar-refractivity contribution in [1.29, 1.82) is 0 Å². The summed E-state index contributed by atoms with van der Waals surface area (Å²) in [6.07, 6.45) is 0. The van der Waals surface area contributed by atoms with Gasteiger partial charge in [0.1, 0.15) is 6.04 Å². The second kappa shape index (κ2) is 4.94. The van der Waals surface area contributed by atoms with Crippen LogP contribution in [0.3, 0.4) is 0 Å². The van der Waals surface area contributed by atoms with Crippen molar-refractivity contribution in [1.82, 2.24) is 5.32 Å². The summed E-state index contributed by atoms with van der Waals surface area (Å²) in [6, 6.07) is 5.68. The minimum absolute atomic E-state index is 0.509. The molecule has 0 aliphatic carbocycles. The second-order valence-corrected chi connectivity index (χ2v) is 3.87. The average Bonchev–Trinajstić information content (AvgIpc) is 2.18. The van der Waals surface area contributed by atoms with Gasteiger partial charge < -0.3 is 10.4 Å². The molecule has 1 atom stereocenters. The van der Waals surface area contributed by atoms with Crippen molar-refractivity contribution in [3.63, 3.8) is 0 Å². The van der Waals surface area contributed by atoms with E-state index < -0.39 is 12.0 Å². The second-order valence-electron chi connectivity index (χ2n) is 3.87. The number of carboxylic acid groups (broad SMARTS) is 1. The molecule has 1 aromatic rings. The van der Waals surface area contributed by atoms with Gasteiger partial charge in [-0.15, -0.1) is 0 Å². The van der Waals surface area contributed by atoms with Crippen molar-refractivity contribution in [2.75, 3.05) is 0 Å². The fourth-order valence-electron chi connectivity index (χ4n) is 1.34. The highest BCUT2D eigenvalue weighted by atomic mass is 16.4. The van der Waals surface area contributed by atoms with Crippen molar-refractivity contribution >= 4 is 5.97 Å². The molecule has 0 radical (unpaired) electrons. The fraction of sp³-hybridized carbons (Fsp3) is 0.417. The molecule has 0 aliphatic heterocycles. The summed E-state index contributed by atoms with van der Waals surface area (Å²) < 4.78 is 0. The van der Waals surface area contributed by atoms with Crippen LogP contribution in [-0.2, 0) is 11.3 Å². The first-order valence-electron chi connectivity index (χ1n) is 5.03. The van der Waals surface area contributed by atoms with Gasteiger partial charge in [0.05, 0.1) is 0 Å². The molecule has 82 valence electrons. The van der Waals surface area contributed by atoms with E-state index in [0.29, 0.717) is 6.54 Å². The van der Waals surface area contributed by atoms with Gasteiger partial charge in [0, 0.05) is 6.54 Å². The molecule has 0 aromatic heterocycles. The van der Waals surface area contributed by atoms with Crippen molar-refractivity contribution in [2.24, 2.45) is 0 Å². The average molecular weight is 207 g/mol. The summed E-state index contributed by atoms with van der Waals surface area (Å²) in [5.74, 6) is -0.819. The Morgan fingerprint density at radius 3 is 2.73 bits per heavy atom. The Hall–Kier alpha value is -1.35. The zero-order chi connectivity index (χ0) is 11.4. The molecule has 0 saturated carbocycles. The Kier molecular flexibility index (Phi) is 3.86. The van der Waals surface area contributed by atoms with Gasteiger partial charge in [-0.1, -0.05) is 23.8 Å². The van der Waals surface area contributed by atoms with E-state index in [1.165, 1.54) is 11.1 Å². The van der Waals surface area contributed by atoms with E-state index in [2.05, 4.69) is 23.5 Å². The Labute approximate surface area is 90.1 Å². The van der Waals surface area contributed by atoms with Crippen LogP contribution >= 0.6 is 0 Å². The molecule has 0 amide bonds. The van der Waals surface area contributed by atoms with Gasteiger partial charge in [0.2, 0.25) is 0 Å². The SMILES string of the molecule is Cc1ccc(C)c(CN[C@@H](C)C(=O)O)c1. The number of rotatable bonds is 4. The van der Waals surface area contributed by atoms with Crippen molar-refractivity contribution in [3.8, 4) is 0 Å². The van der Waals surface area contributed by atoms with Crippen LogP contribution < -0.4 is 5.32 Å². The number of hydrogen-bond donors (Lipinski definition) is 2. The zero-order valence-corrected chi connectivity index (χ0v) is 9.37. The lowest BCUT2D eigenvalue weighted by Gasteiger charge is -2.11. The first-order chi connectivity index (χ1) is 7.00. The summed E-state index contributed by atoms with van der Waals surface area (Å²) in [5.41, 5.74) is 3.54. The molecule has 3 heteroatoms. The smallest absolute Gasteiger partial charge is 0.320 e. The van der Waals surface area contributed by atoms with Crippen molar-refractivity contribution < 1.29 is 9.90 Å². The Morgan fingerprint density at radius 1 is 1.47 bits per heavy atom. The normalized spacial score (nSPS) is 12.5. The van der Waals surface area contributed by atoms with Gasteiger partial charge in [-0.05, 0) is 31.9 Å². The Bertz CT molecular complexity index is 361. The zero-order valence-electron chi connectivity index (χ0n) is 9.37. The Morgan fingerprint density at radius 2 is 2.13 bits per heavy atom. The summed E-state index contributed by atoms with van der Waals surface area (Å²) in [5, 5.41) is 11.7. The number of carbonyl (C=O) groups is 1. The van der Waals surface area contributed by atoms with Crippen LogP contribution in [0, 0.1) is 13.8 Å². The van der Waals surface area contributed by atoms with Crippen molar-refractivity contribution in [3.05, 3.63) is 34.9 Å². The number of hydrogen-bond acceptors (Lipinski definition) is 2. The minimum atomic E-state index is -0.819. The maximum absolute atomic E-state index is 10.6. The molecular formula is C12H17NO2. The number of benzene rings is 1. The first kappa shape index (κ1) is 11.7. The minimum Gasteiger partial charge on any atom is -0.480 e. The molecule has 15 heavy (non-hydrogen) atoms. The van der Waals surface area contributed by atoms with E-state index in [-0.39, 0.29) is 0 Å². The van der Waals surface area contributed by atoms with E-state index in [1.807, 2.05) is 13.8 Å². The maximum Gasteiger partial charge on any atom is 0.320 e. The van der Waals surface area contributed by atoms with Gasteiger partial charge in [-0.2, -0.15) is 0 Å². The van der Waals surface area contributed by atoms with Crippen LogP contribution in [0.4, 0.5) is 0 Å². The quantitative estimate of drug-likeness (QED) is 0.792. The monoisotopic (exact) mass is 207 g/mol. The lowest BCUT2D eigenvalue weighted by molar-refractivity contribution is -0.139. The van der Waals surface area contributed by atoms with Gasteiger partial charge >= 0.3 is 5.97 Å². The number of nitrogens with one attached hydrogen (secondary N) is 1. The van der Waals surface area contributed by atoms with E-state index in [0.717, 1.165) is 5.56 Å². The summed E-state index contributed by atoms with van der Waals surface area (Å²) >= 11 is 0. The molecule has 2 N–H and O–H groups in total. The van der Waals surface area contributed by atoms with Gasteiger partial charge in [-0.25, -0.2) is 0 Å². The molecule has 0 saturated heterocycles. The van der Waals surface area contributed by atoms with Crippen molar-refractivity contribution in [2.45, 2.75) is 33.4 Å². The molecule has 1 aromatic carbocycles. The van der Waals surface area contributed by atoms with Crippen LogP contribution in [0.2, 0.25) is 0 Å². The lowest BCUT2D eigenvalue weighted by Crippen LogP contribution is -2.33. The number of aliphatic carboxylic acids is 1. The standard InChI is InChI=1S/C12H17NO2/c1-8-4-5-9(2)11(6-8)7-13-10(3)12(14)15/h4-6,10,13H,7H2,1-3H3,(H,14,15)/t10-/m0/s1. The van der Waals surface area contributed by atoms with Crippen LogP contribution in [0.1, 0.15) is 23.6 Å². The molecule has 0 heterocycles. The fourth-order valence-corrected chi connectivity index (χ4v) is 1.34.